The molecule has 96 valence electrons. The van der Waals surface area contributed by atoms with Gasteiger partial charge in [0.2, 0.25) is 0 Å². The Morgan fingerprint density at radius 3 is 2.63 bits per heavy atom. The topological polar surface area (TPSA) is 20.5 Å². The van der Waals surface area contributed by atoms with Crippen molar-refractivity contribution in [2.45, 2.75) is 19.0 Å². The van der Waals surface area contributed by atoms with Gasteiger partial charge in [-0.1, -0.05) is 24.3 Å². The first kappa shape index (κ1) is 11.3. The Morgan fingerprint density at radius 1 is 1.21 bits per heavy atom. The van der Waals surface area contributed by atoms with E-state index in [0.717, 1.165) is 29.6 Å². The molecule has 0 N–H and O–H groups in total. The average Bonchev–Trinajstić information content (AvgIpc) is 3.10. The van der Waals surface area contributed by atoms with Crippen molar-refractivity contribution in [3.63, 3.8) is 0 Å². The maximum absolute atomic E-state index is 6.12. The molecule has 0 bridgehead atoms. The number of fused-ring (bicyclic) bond motifs is 2. The summed E-state index contributed by atoms with van der Waals surface area (Å²) in [6, 6.07) is 8.56. The summed E-state index contributed by atoms with van der Waals surface area (Å²) in [6.45, 7) is 1.84. The molecular formula is C14H12ClN3S. The number of halogens is 1. The van der Waals surface area contributed by atoms with Crippen LogP contribution < -0.4 is 4.90 Å². The Hall–Kier alpha value is -1.52. The molecule has 3 heterocycles. The first-order valence-electron chi connectivity index (χ1n) is 6.19. The van der Waals surface area contributed by atoms with E-state index in [0.29, 0.717) is 5.88 Å². The molecule has 0 amide bonds. The fourth-order valence-corrected chi connectivity index (χ4v) is 3.66. The Bertz CT molecular complexity index is 721. The molecule has 0 saturated heterocycles. The van der Waals surface area contributed by atoms with Crippen LogP contribution in [-0.2, 0) is 19.0 Å². The second-order valence-corrected chi connectivity index (χ2v) is 5.84. The number of imidazole rings is 1. The summed E-state index contributed by atoms with van der Waals surface area (Å²) < 4.78 is 2.09. The monoisotopic (exact) mass is 289 g/mol. The SMILES string of the molecule is ClCc1c(N2Cc3ccccc3C2)nc2sccn12. The van der Waals surface area contributed by atoms with Crippen LogP contribution in [0.4, 0.5) is 5.82 Å². The molecule has 3 aromatic rings. The highest BCUT2D eigenvalue weighted by Gasteiger charge is 2.24. The summed E-state index contributed by atoms with van der Waals surface area (Å²) in [5.41, 5.74) is 3.87. The molecule has 1 aromatic carbocycles. The molecule has 0 radical (unpaired) electrons. The number of nitrogens with zero attached hydrogens (tertiary/aromatic N) is 3. The quantitative estimate of drug-likeness (QED) is 0.671. The third-order valence-corrected chi connectivity index (χ3v) is 4.62. The van der Waals surface area contributed by atoms with Gasteiger partial charge in [0.05, 0.1) is 11.6 Å². The molecule has 0 fully saturated rings. The summed E-state index contributed by atoms with van der Waals surface area (Å²) in [5.74, 6) is 1.51. The molecule has 0 spiro atoms. The summed E-state index contributed by atoms with van der Waals surface area (Å²) in [4.78, 5) is 8.05. The Kier molecular flexibility index (Phi) is 2.53. The van der Waals surface area contributed by atoms with E-state index < -0.39 is 0 Å². The summed E-state index contributed by atoms with van der Waals surface area (Å²) in [7, 11) is 0. The van der Waals surface area contributed by atoms with Gasteiger partial charge in [-0.15, -0.1) is 22.9 Å². The maximum atomic E-state index is 6.12. The molecule has 1 aliphatic heterocycles. The Morgan fingerprint density at radius 2 is 1.95 bits per heavy atom. The van der Waals surface area contributed by atoms with Gasteiger partial charge in [0.25, 0.3) is 0 Å². The van der Waals surface area contributed by atoms with Crippen molar-refractivity contribution in [1.82, 2.24) is 9.38 Å². The largest absolute Gasteiger partial charge is 0.346 e. The van der Waals surface area contributed by atoms with Gasteiger partial charge in [-0.05, 0) is 11.1 Å². The lowest BCUT2D eigenvalue weighted by Crippen LogP contribution is -2.16. The predicted octanol–water partition coefficient (Wildman–Crippen LogP) is 3.65. The number of anilines is 1. The number of benzene rings is 1. The van der Waals surface area contributed by atoms with Gasteiger partial charge in [-0.3, -0.25) is 4.40 Å². The number of hydrogen-bond donors (Lipinski definition) is 0. The third kappa shape index (κ3) is 1.67. The first-order chi connectivity index (χ1) is 9.36. The van der Waals surface area contributed by atoms with Gasteiger partial charge in [-0.25, -0.2) is 4.98 Å². The van der Waals surface area contributed by atoms with Crippen LogP contribution in [0.2, 0.25) is 0 Å². The highest BCUT2D eigenvalue weighted by molar-refractivity contribution is 7.15. The minimum atomic E-state index is 0.486. The van der Waals surface area contributed by atoms with Gasteiger partial charge in [0.1, 0.15) is 0 Å². The number of rotatable bonds is 2. The van der Waals surface area contributed by atoms with Crippen LogP contribution in [0.5, 0.6) is 0 Å². The van der Waals surface area contributed by atoms with Crippen molar-refractivity contribution in [1.29, 1.82) is 0 Å². The lowest BCUT2D eigenvalue weighted by Gasteiger charge is -2.15. The minimum absolute atomic E-state index is 0.486. The van der Waals surface area contributed by atoms with Crippen LogP contribution in [0.3, 0.4) is 0 Å². The molecule has 2 aromatic heterocycles. The van der Waals surface area contributed by atoms with E-state index in [9.17, 15) is 0 Å². The van der Waals surface area contributed by atoms with Gasteiger partial charge < -0.3 is 4.90 Å². The van der Waals surface area contributed by atoms with Crippen LogP contribution in [0, 0.1) is 0 Å². The van der Waals surface area contributed by atoms with Crippen molar-refractivity contribution < 1.29 is 0 Å². The molecule has 1 aliphatic rings. The summed E-state index contributed by atoms with van der Waals surface area (Å²) in [5, 5.41) is 2.04. The zero-order chi connectivity index (χ0) is 12.8. The van der Waals surface area contributed by atoms with Crippen molar-refractivity contribution in [2.24, 2.45) is 0 Å². The van der Waals surface area contributed by atoms with Gasteiger partial charge in [0, 0.05) is 24.7 Å². The highest BCUT2D eigenvalue weighted by Crippen LogP contribution is 2.32. The second kappa shape index (κ2) is 4.25. The molecule has 0 saturated carbocycles. The molecular weight excluding hydrogens is 278 g/mol. The molecule has 0 unspecified atom stereocenters. The predicted molar refractivity (Wildman–Crippen MR) is 79.0 cm³/mol. The lowest BCUT2D eigenvalue weighted by atomic mass is 10.1. The fourth-order valence-electron chi connectivity index (χ4n) is 2.68. The van der Waals surface area contributed by atoms with Crippen LogP contribution >= 0.6 is 22.9 Å². The van der Waals surface area contributed by atoms with Crippen LogP contribution in [-0.4, -0.2) is 9.38 Å². The van der Waals surface area contributed by atoms with E-state index in [2.05, 4.69) is 33.6 Å². The van der Waals surface area contributed by atoms with Gasteiger partial charge in [0.15, 0.2) is 10.8 Å². The summed E-state index contributed by atoms with van der Waals surface area (Å²) in [6.07, 6.45) is 2.04. The molecule has 0 atom stereocenters. The third-order valence-electron chi connectivity index (χ3n) is 3.61. The van der Waals surface area contributed by atoms with Crippen molar-refractivity contribution >= 4 is 33.7 Å². The second-order valence-electron chi connectivity index (χ2n) is 4.70. The number of aromatic nitrogens is 2. The zero-order valence-corrected chi connectivity index (χ0v) is 11.8. The van der Waals surface area contributed by atoms with E-state index in [1.54, 1.807) is 11.3 Å². The molecule has 0 aliphatic carbocycles. The number of hydrogen-bond acceptors (Lipinski definition) is 3. The van der Waals surface area contributed by atoms with Gasteiger partial charge in [-0.2, -0.15) is 0 Å². The van der Waals surface area contributed by atoms with Crippen molar-refractivity contribution in [3.8, 4) is 0 Å². The Balaban J connectivity index is 1.78. The Labute approximate surface area is 120 Å². The van der Waals surface area contributed by atoms with Crippen LogP contribution in [0.1, 0.15) is 16.8 Å². The van der Waals surface area contributed by atoms with E-state index >= 15 is 0 Å². The molecule has 3 nitrogen and oxygen atoms in total. The van der Waals surface area contributed by atoms with Crippen LogP contribution in [0.25, 0.3) is 4.96 Å². The number of thiazole rings is 1. The van der Waals surface area contributed by atoms with Crippen molar-refractivity contribution in [2.75, 3.05) is 4.90 Å². The van der Waals surface area contributed by atoms with E-state index in [1.165, 1.54) is 11.1 Å². The molecule has 5 heteroatoms. The average molecular weight is 290 g/mol. The minimum Gasteiger partial charge on any atom is -0.346 e. The lowest BCUT2D eigenvalue weighted by molar-refractivity contribution is 0.854. The van der Waals surface area contributed by atoms with E-state index in [-0.39, 0.29) is 0 Å². The van der Waals surface area contributed by atoms with Gasteiger partial charge >= 0.3 is 0 Å². The zero-order valence-electron chi connectivity index (χ0n) is 10.2. The van der Waals surface area contributed by atoms with Crippen LogP contribution in [0.15, 0.2) is 35.8 Å². The summed E-state index contributed by atoms with van der Waals surface area (Å²) >= 11 is 7.76. The first-order valence-corrected chi connectivity index (χ1v) is 7.60. The normalized spacial score (nSPS) is 14.3. The van der Waals surface area contributed by atoms with Crippen molar-refractivity contribution in [3.05, 3.63) is 52.7 Å². The molecule has 19 heavy (non-hydrogen) atoms. The van der Waals surface area contributed by atoms with E-state index in [4.69, 9.17) is 16.6 Å². The smallest absolute Gasteiger partial charge is 0.195 e. The van der Waals surface area contributed by atoms with E-state index in [1.807, 2.05) is 11.6 Å². The number of alkyl halides is 1. The standard InChI is InChI=1S/C14H12ClN3S/c15-7-12-13(16-14-18(12)5-6-19-14)17-8-10-3-1-2-4-11(10)9-17/h1-6H,7-9H2. The maximum Gasteiger partial charge on any atom is 0.195 e. The fraction of sp³-hybridized carbons (Fsp3) is 0.214. The molecule has 4 rings (SSSR count). The highest BCUT2D eigenvalue weighted by atomic mass is 35.5.